The number of benzene rings is 3. The topological polar surface area (TPSA) is 102 Å². The Hall–Kier alpha value is -4.00. The molecular formula is C26H24O7. The second-order valence-corrected chi connectivity index (χ2v) is 7.77. The van der Waals surface area contributed by atoms with Gasteiger partial charge in [-0.05, 0) is 53.8 Å². The van der Waals surface area contributed by atoms with Gasteiger partial charge in [-0.15, -0.1) is 0 Å². The van der Waals surface area contributed by atoms with Crippen LogP contribution in [0, 0.1) is 0 Å². The summed E-state index contributed by atoms with van der Waals surface area (Å²) in [5.74, 6) is -0.238. The van der Waals surface area contributed by atoms with Crippen molar-refractivity contribution in [2.45, 2.75) is 32.3 Å². The fraction of sp³-hybridized carbons (Fsp3) is 0.231. The van der Waals surface area contributed by atoms with Crippen molar-refractivity contribution in [1.82, 2.24) is 0 Å². The molecular weight excluding hydrogens is 424 g/mol. The summed E-state index contributed by atoms with van der Waals surface area (Å²) in [6.07, 6.45) is 0.923. The van der Waals surface area contributed by atoms with Crippen molar-refractivity contribution in [2.75, 3.05) is 6.79 Å². The highest BCUT2D eigenvalue weighted by atomic mass is 16.7. The smallest absolute Gasteiger partial charge is 0.306 e. The summed E-state index contributed by atoms with van der Waals surface area (Å²) >= 11 is 0. The number of aryl methyl sites for hydroxylation is 2. The molecule has 0 aromatic heterocycles. The molecule has 0 fully saturated rings. The summed E-state index contributed by atoms with van der Waals surface area (Å²) in [7, 11) is 0. The molecule has 0 aliphatic carbocycles. The zero-order valence-electron chi connectivity index (χ0n) is 18.0. The van der Waals surface area contributed by atoms with Gasteiger partial charge < -0.3 is 24.4 Å². The van der Waals surface area contributed by atoms with E-state index in [-0.39, 0.29) is 50.0 Å². The molecule has 7 heteroatoms. The Balaban J connectivity index is 1.34. The molecule has 0 amide bonds. The van der Waals surface area contributed by atoms with Gasteiger partial charge in [-0.25, -0.2) is 0 Å². The Morgan fingerprint density at radius 2 is 1.58 bits per heavy atom. The number of Topliss-reactive ketones (excluding diaryl/α,β-unsaturated/α-hetero) is 1. The van der Waals surface area contributed by atoms with E-state index in [1.807, 2.05) is 42.5 Å². The van der Waals surface area contributed by atoms with E-state index in [1.54, 1.807) is 6.07 Å². The average Bonchev–Trinajstić information content (AvgIpc) is 3.30. The molecule has 0 unspecified atom stereocenters. The van der Waals surface area contributed by atoms with Crippen LogP contribution < -0.4 is 9.47 Å². The maximum absolute atomic E-state index is 12.8. The van der Waals surface area contributed by atoms with E-state index in [9.17, 15) is 19.8 Å². The predicted molar refractivity (Wildman–Crippen MR) is 120 cm³/mol. The number of aromatic hydroxyl groups is 2. The third kappa shape index (κ3) is 5.63. The van der Waals surface area contributed by atoms with Crippen LogP contribution in [0.4, 0.5) is 0 Å². The van der Waals surface area contributed by atoms with Crippen molar-refractivity contribution in [3.8, 4) is 23.0 Å². The van der Waals surface area contributed by atoms with E-state index in [0.29, 0.717) is 23.5 Å². The molecule has 0 radical (unpaired) electrons. The van der Waals surface area contributed by atoms with Crippen molar-refractivity contribution < 1.29 is 34.0 Å². The molecule has 170 valence electrons. The van der Waals surface area contributed by atoms with Crippen molar-refractivity contribution in [3.05, 3.63) is 82.9 Å². The molecule has 3 aromatic rings. The number of hydrogen-bond donors (Lipinski definition) is 2. The standard InChI is InChI=1S/C26H24O7/c27-21(9-6-17-7-10-23-24(14-17)33-16-32-23)20-12-19(13-22(28)26(20)30)8-11-25(29)31-15-18-4-2-1-3-5-18/h1-5,7,10,12-14,28,30H,6,8-9,11,15-16H2. The highest BCUT2D eigenvalue weighted by Crippen LogP contribution is 2.34. The minimum atomic E-state index is -0.457. The van der Waals surface area contributed by atoms with E-state index < -0.39 is 11.5 Å². The summed E-state index contributed by atoms with van der Waals surface area (Å²) < 4.78 is 15.9. The summed E-state index contributed by atoms with van der Waals surface area (Å²) in [5.41, 5.74) is 2.38. The maximum atomic E-state index is 12.8. The predicted octanol–water partition coefficient (Wildman–Crippen LogP) is 4.32. The number of ketones is 1. The van der Waals surface area contributed by atoms with E-state index in [0.717, 1.165) is 11.1 Å². The molecule has 3 aromatic carbocycles. The number of esters is 1. The first kappa shape index (κ1) is 22.2. The van der Waals surface area contributed by atoms with Crippen LogP contribution in [0.25, 0.3) is 0 Å². The van der Waals surface area contributed by atoms with E-state index in [1.165, 1.54) is 12.1 Å². The van der Waals surface area contributed by atoms with Crippen LogP contribution in [0.1, 0.15) is 39.9 Å². The largest absolute Gasteiger partial charge is 0.504 e. The summed E-state index contributed by atoms with van der Waals surface area (Å²) in [6.45, 7) is 0.363. The molecule has 33 heavy (non-hydrogen) atoms. The molecule has 1 aliphatic rings. The van der Waals surface area contributed by atoms with Crippen LogP contribution in [0.15, 0.2) is 60.7 Å². The second-order valence-electron chi connectivity index (χ2n) is 7.77. The van der Waals surface area contributed by atoms with Crippen molar-refractivity contribution in [3.63, 3.8) is 0 Å². The zero-order chi connectivity index (χ0) is 23.2. The van der Waals surface area contributed by atoms with E-state index >= 15 is 0 Å². The van der Waals surface area contributed by atoms with Gasteiger partial charge in [-0.1, -0.05) is 36.4 Å². The lowest BCUT2D eigenvalue weighted by atomic mass is 9.98. The van der Waals surface area contributed by atoms with Crippen LogP contribution in [0.3, 0.4) is 0 Å². The SMILES string of the molecule is O=C(CCc1cc(O)c(O)c(C(=O)CCc2ccc3c(c2)OCO3)c1)OCc1ccccc1. The van der Waals surface area contributed by atoms with E-state index in [2.05, 4.69) is 0 Å². The second kappa shape index (κ2) is 10.1. The Labute approximate surface area is 191 Å². The Morgan fingerprint density at radius 3 is 2.39 bits per heavy atom. The molecule has 0 spiro atoms. The quantitative estimate of drug-likeness (QED) is 0.286. The molecule has 0 saturated heterocycles. The van der Waals surface area contributed by atoms with Crippen LogP contribution in [-0.2, 0) is 29.0 Å². The van der Waals surface area contributed by atoms with Gasteiger partial charge in [0.25, 0.3) is 0 Å². The Bertz CT molecular complexity index is 1150. The summed E-state index contributed by atoms with van der Waals surface area (Å²) in [5, 5.41) is 20.3. The van der Waals surface area contributed by atoms with Gasteiger partial charge in [0.1, 0.15) is 6.61 Å². The Kier molecular flexibility index (Phi) is 6.78. The minimum Gasteiger partial charge on any atom is -0.504 e. The number of hydrogen-bond acceptors (Lipinski definition) is 7. The number of phenols is 2. The average molecular weight is 448 g/mol. The number of carbonyl (C=O) groups excluding carboxylic acids is 2. The molecule has 1 aliphatic heterocycles. The zero-order valence-corrected chi connectivity index (χ0v) is 18.0. The fourth-order valence-corrected chi connectivity index (χ4v) is 3.58. The lowest BCUT2D eigenvalue weighted by molar-refractivity contribution is -0.144. The normalized spacial score (nSPS) is 11.9. The molecule has 2 N–H and O–H groups in total. The first-order valence-corrected chi connectivity index (χ1v) is 10.7. The van der Waals surface area contributed by atoms with E-state index in [4.69, 9.17) is 14.2 Å². The minimum absolute atomic E-state index is 0.0309. The fourth-order valence-electron chi connectivity index (χ4n) is 3.58. The molecule has 4 rings (SSSR count). The van der Waals surface area contributed by atoms with Crippen molar-refractivity contribution in [2.24, 2.45) is 0 Å². The van der Waals surface area contributed by atoms with Gasteiger partial charge >= 0.3 is 5.97 Å². The summed E-state index contributed by atoms with van der Waals surface area (Å²) in [4.78, 5) is 24.8. The lowest BCUT2D eigenvalue weighted by Crippen LogP contribution is -2.07. The first-order chi connectivity index (χ1) is 16.0. The van der Waals surface area contributed by atoms with Gasteiger partial charge in [0, 0.05) is 12.8 Å². The third-order valence-electron chi connectivity index (χ3n) is 5.39. The van der Waals surface area contributed by atoms with Crippen LogP contribution in [-0.4, -0.2) is 28.8 Å². The molecule has 0 bridgehead atoms. The highest BCUT2D eigenvalue weighted by molar-refractivity contribution is 5.99. The number of rotatable bonds is 9. The number of fused-ring (bicyclic) bond motifs is 1. The Morgan fingerprint density at radius 1 is 0.818 bits per heavy atom. The maximum Gasteiger partial charge on any atom is 0.306 e. The van der Waals surface area contributed by atoms with Gasteiger partial charge in [0.05, 0.1) is 5.56 Å². The van der Waals surface area contributed by atoms with Crippen LogP contribution in [0.2, 0.25) is 0 Å². The number of ether oxygens (including phenoxy) is 3. The highest BCUT2D eigenvalue weighted by Gasteiger charge is 2.18. The van der Waals surface area contributed by atoms with Crippen LogP contribution in [0.5, 0.6) is 23.0 Å². The molecule has 7 nitrogen and oxygen atoms in total. The van der Waals surface area contributed by atoms with Crippen molar-refractivity contribution >= 4 is 11.8 Å². The monoisotopic (exact) mass is 448 g/mol. The molecule has 0 atom stereocenters. The number of carbonyl (C=O) groups is 2. The van der Waals surface area contributed by atoms with Gasteiger partial charge in [-0.2, -0.15) is 0 Å². The van der Waals surface area contributed by atoms with Crippen molar-refractivity contribution in [1.29, 1.82) is 0 Å². The molecule has 0 saturated carbocycles. The first-order valence-electron chi connectivity index (χ1n) is 10.7. The third-order valence-corrected chi connectivity index (χ3v) is 5.39. The van der Waals surface area contributed by atoms with Gasteiger partial charge in [0.2, 0.25) is 6.79 Å². The van der Waals surface area contributed by atoms with Crippen LogP contribution >= 0.6 is 0 Å². The lowest BCUT2D eigenvalue weighted by Gasteiger charge is -2.10. The molecule has 1 heterocycles. The van der Waals surface area contributed by atoms with Gasteiger partial charge in [-0.3, -0.25) is 9.59 Å². The van der Waals surface area contributed by atoms with Gasteiger partial charge in [0.15, 0.2) is 28.8 Å². The summed E-state index contributed by atoms with van der Waals surface area (Å²) in [6, 6.07) is 17.7. The number of phenolic OH excluding ortho intramolecular Hbond substituents is 2.